The zero-order valence-corrected chi connectivity index (χ0v) is 6.06. The van der Waals surface area contributed by atoms with Gasteiger partial charge in [-0.05, 0) is 27.7 Å². The van der Waals surface area contributed by atoms with E-state index in [2.05, 4.69) is 0 Å². The molecule has 0 heterocycles. The number of hydrogen-bond acceptors (Lipinski definition) is 1. The van der Waals surface area contributed by atoms with Crippen molar-refractivity contribution >= 4 is 0 Å². The maximum absolute atomic E-state index is 5.20. The Labute approximate surface area is 51.4 Å². The van der Waals surface area contributed by atoms with E-state index in [1.54, 1.807) is 6.26 Å². The Balaban J connectivity index is 3.39. The summed E-state index contributed by atoms with van der Waals surface area (Å²) in [6, 6.07) is 0. The highest BCUT2D eigenvalue weighted by Crippen LogP contribution is 2.05. The Kier molecular flexibility index (Phi) is 2.59. The van der Waals surface area contributed by atoms with Gasteiger partial charge in [-0.1, -0.05) is 6.08 Å². The molecule has 0 aliphatic carbocycles. The van der Waals surface area contributed by atoms with Crippen LogP contribution in [0.4, 0.5) is 0 Å². The second-order valence-electron chi connectivity index (χ2n) is 2.70. The number of allylic oxidation sites excluding steroid dienone is 1. The smallest absolute Gasteiger partial charge is 0.0998 e. The fourth-order valence-corrected chi connectivity index (χ4v) is 0.272. The lowest BCUT2D eigenvalue weighted by Crippen LogP contribution is -2.14. The van der Waals surface area contributed by atoms with Crippen LogP contribution >= 0.6 is 0 Å². The normalized spacial score (nSPS) is 12.5. The molecule has 0 aromatic rings. The van der Waals surface area contributed by atoms with Crippen LogP contribution in [0.1, 0.15) is 27.7 Å². The van der Waals surface area contributed by atoms with Crippen LogP contribution in [-0.4, -0.2) is 5.60 Å². The summed E-state index contributed by atoms with van der Waals surface area (Å²) >= 11 is 0. The van der Waals surface area contributed by atoms with Gasteiger partial charge in [0, 0.05) is 0 Å². The van der Waals surface area contributed by atoms with Crippen molar-refractivity contribution in [2.75, 3.05) is 0 Å². The summed E-state index contributed by atoms with van der Waals surface area (Å²) in [5, 5.41) is 0. The fraction of sp³-hybridized carbons (Fsp3) is 0.714. The van der Waals surface area contributed by atoms with Crippen LogP contribution in [0.3, 0.4) is 0 Å². The molecule has 0 fully saturated rings. The minimum Gasteiger partial charge on any atom is -0.496 e. The SMILES string of the molecule is CC=COC(C)(C)C. The molecule has 0 saturated heterocycles. The van der Waals surface area contributed by atoms with Crippen molar-refractivity contribution in [2.45, 2.75) is 33.3 Å². The van der Waals surface area contributed by atoms with Crippen LogP contribution in [0.15, 0.2) is 12.3 Å². The van der Waals surface area contributed by atoms with Gasteiger partial charge < -0.3 is 4.74 Å². The first kappa shape index (κ1) is 7.54. The molecule has 0 amide bonds. The van der Waals surface area contributed by atoms with Crippen LogP contribution in [0.2, 0.25) is 0 Å². The summed E-state index contributed by atoms with van der Waals surface area (Å²) in [5.74, 6) is 0. The highest BCUT2D eigenvalue weighted by atomic mass is 16.5. The van der Waals surface area contributed by atoms with Gasteiger partial charge >= 0.3 is 0 Å². The third-order valence-electron chi connectivity index (χ3n) is 0.558. The highest BCUT2D eigenvalue weighted by Gasteiger charge is 2.06. The zero-order valence-electron chi connectivity index (χ0n) is 6.06. The van der Waals surface area contributed by atoms with Gasteiger partial charge in [0.05, 0.1) is 11.9 Å². The van der Waals surface area contributed by atoms with Gasteiger partial charge in [0.1, 0.15) is 0 Å². The van der Waals surface area contributed by atoms with Gasteiger partial charge in [0.25, 0.3) is 0 Å². The molecule has 0 spiro atoms. The number of ether oxygens (including phenoxy) is 1. The van der Waals surface area contributed by atoms with E-state index in [4.69, 9.17) is 4.74 Å². The van der Waals surface area contributed by atoms with Crippen molar-refractivity contribution in [1.82, 2.24) is 0 Å². The first-order chi connectivity index (χ1) is 3.56. The topological polar surface area (TPSA) is 9.23 Å². The van der Waals surface area contributed by atoms with Gasteiger partial charge in [-0.15, -0.1) is 0 Å². The molecular formula is C7H14O. The molecule has 0 unspecified atom stereocenters. The lowest BCUT2D eigenvalue weighted by atomic mass is 10.2. The summed E-state index contributed by atoms with van der Waals surface area (Å²) in [6.45, 7) is 8.00. The maximum atomic E-state index is 5.20. The Morgan fingerprint density at radius 3 is 1.88 bits per heavy atom. The van der Waals surface area contributed by atoms with Gasteiger partial charge in [-0.25, -0.2) is 0 Å². The molecule has 0 radical (unpaired) electrons. The Morgan fingerprint density at radius 2 is 1.75 bits per heavy atom. The standard InChI is InChI=1S/C7H14O/c1-5-6-8-7(2,3)4/h5-6H,1-4H3. The molecule has 0 rings (SSSR count). The van der Waals surface area contributed by atoms with E-state index in [1.165, 1.54) is 0 Å². The van der Waals surface area contributed by atoms with Gasteiger partial charge in [0.15, 0.2) is 0 Å². The average Bonchev–Trinajstić information content (AvgIpc) is 1.59. The molecule has 0 atom stereocenters. The molecule has 48 valence electrons. The van der Waals surface area contributed by atoms with Crippen molar-refractivity contribution in [2.24, 2.45) is 0 Å². The van der Waals surface area contributed by atoms with Crippen molar-refractivity contribution in [3.05, 3.63) is 12.3 Å². The van der Waals surface area contributed by atoms with Crippen LogP contribution < -0.4 is 0 Å². The van der Waals surface area contributed by atoms with E-state index >= 15 is 0 Å². The van der Waals surface area contributed by atoms with E-state index in [9.17, 15) is 0 Å². The third kappa shape index (κ3) is 5.54. The molecule has 0 aliphatic rings. The van der Waals surface area contributed by atoms with E-state index in [1.807, 2.05) is 33.8 Å². The molecule has 0 N–H and O–H groups in total. The zero-order chi connectivity index (χ0) is 6.62. The maximum Gasteiger partial charge on any atom is 0.0998 e. The highest BCUT2D eigenvalue weighted by molar-refractivity contribution is 4.71. The molecule has 0 aromatic heterocycles. The van der Waals surface area contributed by atoms with E-state index < -0.39 is 0 Å². The monoisotopic (exact) mass is 114 g/mol. The van der Waals surface area contributed by atoms with Crippen LogP contribution in [0.25, 0.3) is 0 Å². The molecule has 0 aromatic carbocycles. The Morgan fingerprint density at radius 1 is 1.25 bits per heavy atom. The van der Waals surface area contributed by atoms with E-state index in [0.29, 0.717) is 0 Å². The summed E-state index contributed by atoms with van der Waals surface area (Å²) in [5.41, 5.74) is -0.0352. The van der Waals surface area contributed by atoms with Gasteiger partial charge in [-0.2, -0.15) is 0 Å². The first-order valence-electron chi connectivity index (χ1n) is 2.85. The lowest BCUT2D eigenvalue weighted by molar-refractivity contribution is 0.0765. The van der Waals surface area contributed by atoms with E-state index in [0.717, 1.165) is 0 Å². The number of rotatable bonds is 1. The van der Waals surface area contributed by atoms with E-state index in [-0.39, 0.29) is 5.60 Å². The summed E-state index contributed by atoms with van der Waals surface area (Å²) < 4.78 is 5.20. The van der Waals surface area contributed by atoms with Crippen LogP contribution in [0.5, 0.6) is 0 Å². The fourth-order valence-electron chi connectivity index (χ4n) is 0.272. The van der Waals surface area contributed by atoms with Gasteiger partial charge in [0.2, 0.25) is 0 Å². The predicted octanol–water partition coefficient (Wildman–Crippen LogP) is 2.34. The predicted molar refractivity (Wildman–Crippen MR) is 35.7 cm³/mol. The molecule has 1 heteroatoms. The molecule has 8 heavy (non-hydrogen) atoms. The minimum atomic E-state index is -0.0352. The van der Waals surface area contributed by atoms with Crippen LogP contribution in [-0.2, 0) is 4.74 Å². The quantitative estimate of drug-likeness (QED) is 0.475. The molecule has 1 nitrogen and oxygen atoms in total. The minimum absolute atomic E-state index is 0.0352. The van der Waals surface area contributed by atoms with Crippen molar-refractivity contribution < 1.29 is 4.74 Å². The van der Waals surface area contributed by atoms with Gasteiger partial charge in [-0.3, -0.25) is 0 Å². The lowest BCUT2D eigenvalue weighted by Gasteiger charge is -2.17. The molecule has 0 aliphatic heterocycles. The molecule has 0 saturated carbocycles. The summed E-state index contributed by atoms with van der Waals surface area (Å²) in [7, 11) is 0. The second kappa shape index (κ2) is 2.75. The van der Waals surface area contributed by atoms with Crippen LogP contribution in [0, 0.1) is 0 Å². The second-order valence-corrected chi connectivity index (χ2v) is 2.70. The van der Waals surface area contributed by atoms with Crippen molar-refractivity contribution in [3.63, 3.8) is 0 Å². The molecule has 0 bridgehead atoms. The summed E-state index contributed by atoms with van der Waals surface area (Å²) in [6.07, 6.45) is 3.59. The number of hydrogen-bond donors (Lipinski definition) is 0. The third-order valence-corrected chi connectivity index (χ3v) is 0.558. The van der Waals surface area contributed by atoms with Crippen molar-refractivity contribution in [1.29, 1.82) is 0 Å². The largest absolute Gasteiger partial charge is 0.496 e. The van der Waals surface area contributed by atoms with Crippen molar-refractivity contribution in [3.8, 4) is 0 Å². The Bertz CT molecular complexity index is 76.9. The Hall–Kier alpha value is -0.460. The average molecular weight is 114 g/mol. The summed E-state index contributed by atoms with van der Waals surface area (Å²) in [4.78, 5) is 0. The first-order valence-corrected chi connectivity index (χ1v) is 2.85. The molecular weight excluding hydrogens is 100 g/mol.